The Morgan fingerprint density at radius 3 is 2.67 bits per heavy atom. The third-order valence-electron chi connectivity index (χ3n) is 3.94. The number of aryl methyl sites for hydroxylation is 2. The summed E-state index contributed by atoms with van der Waals surface area (Å²) >= 11 is 0. The summed E-state index contributed by atoms with van der Waals surface area (Å²) in [5.74, 6) is 1.07. The molecule has 0 amide bonds. The molecule has 2 nitrogen and oxygen atoms in total. The van der Waals surface area contributed by atoms with Gasteiger partial charge in [-0.25, -0.2) is 0 Å². The van der Waals surface area contributed by atoms with E-state index in [1.807, 2.05) is 32.9 Å². The normalized spacial score (nSPS) is 16.9. The molecule has 1 saturated carbocycles. The number of rotatable bonds is 5. The third kappa shape index (κ3) is 2.99. The van der Waals surface area contributed by atoms with E-state index in [1.165, 1.54) is 12.8 Å². The lowest BCUT2D eigenvalue weighted by atomic mass is 9.97. The second-order valence-electron chi connectivity index (χ2n) is 5.74. The summed E-state index contributed by atoms with van der Waals surface area (Å²) in [6.07, 6.45) is 2.66. The van der Waals surface area contributed by atoms with Gasteiger partial charge in [-0.2, -0.15) is 0 Å². The molecule has 0 spiro atoms. The Morgan fingerprint density at radius 2 is 2.06 bits per heavy atom. The predicted octanol–water partition coefficient (Wildman–Crippen LogP) is 3.22. The highest BCUT2D eigenvalue weighted by Crippen LogP contribution is 2.30. The number of likely N-dealkylation sites (N-methyl/N-ethyl adjacent to an activating group) is 1. The van der Waals surface area contributed by atoms with Crippen molar-refractivity contribution < 1.29 is 4.79 Å². The molecule has 0 aromatic heterocycles. The Kier molecular flexibility index (Phi) is 3.86. The molecule has 1 aromatic rings. The van der Waals surface area contributed by atoms with Gasteiger partial charge < -0.3 is 0 Å². The van der Waals surface area contributed by atoms with Crippen molar-refractivity contribution in [3.63, 3.8) is 0 Å². The fraction of sp³-hybridized carbons (Fsp3) is 0.562. The minimum absolute atomic E-state index is 0.0221. The molecule has 1 aliphatic carbocycles. The van der Waals surface area contributed by atoms with Gasteiger partial charge in [0.2, 0.25) is 0 Å². The molecule has 0 heterocycles. The molecule has 1 atom stereocenters. The Morgan fingerprint density at radius 1 is 1.39 bits per heavy atom. The van der Waals surface area contributed by atoms with Crippen molar-refractivity contribution in [2.45, 2.75) is 39.7 Å². The van der Waals surface area contributed by atoms with Gasteiger partial charge in [0.15, 0.2) is 5.78 Å². The minimum Gasteiger partial charge on any atom is -0.296 e. The maximum atomic E-state index is 12.5. The van der Waals surface area contributed by atoms with Crippen LogP contribution in [0.1, 0.15) is 41.3 Å². The van der Waals surface area contributed by atoms with Gasteiger partial charge >= 0.3 is 0 Å². The van der Waals surface area contributed by atoms with Crippen LogP contribution in [0.25, 0.3) is 0 Å². The fourth-order valence-electron chi connectivity index (χ4n) is 2.29. The molecule has 1 aliphatic rings. The Hall–Kier alpha value is -1.15. The average Bonchev–Trinajstić information content (AvgIpc) is 3.14. The monoisotopic (exact) mass is 245 g/mol. The number of carbonyl (C=O) groups is 1. The van der Waals surface area contributed by atoms with Crippen molar-refractivity contribution in [1.29, 1.82) is 0 Å². The van der Waals surface area contributed by atoms with Crippen molar-refractivity contribution in [2.75, 3.05) is 13.6 Å². The van der Waals surface area contributed by atoms with Crippen molar-refractivity contribution in [2.24, 2.45) is 5.92 Å². The highest BCUT2D eigenvalue weighted by Gasteiger charge is 2.27. The van der Waals surface area contributed by atoms with Crippen LogP contribution in [0.4, 0.5) is 0 Å². The van der Waals surface area contributed by atoms with Gasteiger partial charge in [0.25, 0.3) is 0 Å². The summed E-state index contributed by atoms with van der Waals surface area (Å²) < 4.78 is 0. The quantitative estimate of drug-likeness (QED) is 0.742. The molecule has 0 saturated heterocycles. The largest absolute Gasteiger partial charge is 0.296 e. The van der Waals surface area contributed by atoms with Gasteiger partial charge in [0.05, 0.1) is 6.04 Å². The van der Waals surface area contributed by atoms with Crippen LogP contribution in [0.15, 0.2) is 18.2 Å². The van der Waals surface area contributed by atoms with Crippen LogP contribution in [0, 0.1) is 19.8 Å². The number of hydrogen-bond donors (Lipinski definition) is 0. The zero-order valence-electron chi connectivity index (χ0n) is 11.9. The summed E-state index contributed by atoms with van der Waals surface area (Å²) in [5, 5.41) is 0. The highest BCUT2D eigenvalue weighted by molar-refractivity contribution is 6.01. The topological polar surface area (TPSA) is 20.3 Å². The first kappa shape index (κ1) is 13.3. The van der Waals surface area contributed by atoms with Crippen molar-refractivity contribution in [3.8, 4) is 0 Å². The van der Waals surface area contributed by atoms with Crippen molar-refractivity contribution in [1.82, 2.24) is 4.90 Å². The SMILES string of the molecule is Cc1ccc(C)c(C(=O)C(C)N(C)CC2CC2)c1. The van der Waals surface area contributed by atoms with Gasteiger partial charge in [0, 0.05) is 12.1 Å². The number of ketones is 1. The van der Waals surface area contributed by atoms with Crippen molar-refractivity contribution >= 4 is 5.78 Å². The zero-order valence-corrected chi connectivity index (χ0v) is 11.9. The highest BCUT2D eigenvalue weighted by atomic mass is 16.1. The molecule has 0 bridgehead atoms. The molecule has 98 valence electrons. The van der Waals surface area contributed by atoms with E-state index in [9.17, 15) is 4.79 Å². The zero-order chi connectivity index (χ0) is 13.3. The van der Waals surface area contributed by atoms with Crippen molar-refractivity contribution in [3.05, 3.63) is 34.9 Å². The maximum Gasteiger partial charge on any atom is 0.179 e. The van der Waals surface area contributed by atoms with E-state index >= 15 is 0 Å². The van der Waals surface area contributed by atoms with Gasteiger partial charge in [-0.3, -0.25) is 9.69 Å². The second-order valence-corrected chi connectivity index (χ2v) is 5.74. The average molecular weight is 245 g/mol. The minimum atomic E-state index is -0.0221. The lowest BCUT2D eigenvalue weighted by molar-refractivity contribution is 0.0864. The Balaban J connectivity index is 2.11. The molecule has 0 radical (unpaired) electrons. The molecule has 0 aliphatic heterocycles. The molecule has 2 heteroatoms. The van der Waals surface area contributed by atoms with Crippen LogP contribution in [0.2, 0.25) is 0 Å². The number of Topliss-reactive ketones (excluding diaryl/α,β-unsaturated/α-hetero) is 1. The number of benzene rings is 1. The summed E-state index contributed by atoms with van der Waals surface area (Å²) in [5.41, 5.74) is 3.11. The fourth-order valence-corrected chi connectivity index (χ4v) is 2.29. The van der Waals surface area contributed by atoms with Crippen LogP contribution >= 0.6 is 0 Å². The van der Waals surface area contributed by atoms with E-state index in [4.69, 9.17) is 0 Å². The van der Waals surface area contributed by atoms with Crippen LogP contribution < -0.4 is 0 Å². The summed E-state index contributed by atoms with van der Waals surface area (Å²) in [6, 6.07) is 6.09. The summed E-state index contributed by atoms with van der Waals surface area (Å²) in [4.78, 5) is 14.7. The van der Waals surface area contributed by atoms with Crippen LogP contribution in [0.5, 0.6) is 0 Å². The number of carbonyl (C=O) groups excluding carboxylic acids is 1. The van der Waals surface area contributed by atoms with Gasteiger partial charge in [-0.05, 0) is 58.2 Å². The molecule has 18 heavy (non-hydrogen) atoms. The lowest BCUT2D eigenvalue weighted by Crippen LogP contribution is -2.37. The third-order valence-corrected chi connectivity index (χ3v) is 3.94. The molecule has 2 rings (SSSR count). The maximum absolute atomic E-state index is 12.5. The Labute approximate surface area is 110 Å². The van der Waals surface area contributed by atoms with E-state index in [0.717, 1.165) is 29.2 Å². The Bertz CT molecular complexity index is 448. The number of hydrogen-bond acceptors (Lipinski definition) is 2. The second kappa shape index (κ2) is 5.23. The molecule has 1 aromatic carbocycles. The van der Waals surface area contributed by atoms with E-state index < -0.39 is 0 Å². The smallest absolute Gasteiger partial charge is 0.179 e. The van der Waals surface area contributed by atoms with E-state index in [0.29, 0.717) is 0 Å². The van der Waals surface area contributed by atoms with Gasteiger partial charge in [0.1, 0.15) is 0 Å². The summed E-state index contributed by atoms with van der Waals surface area (Å²) in [6.45, 7) is 7.12. The molecular weight excluding hydrogens is 222 g/mol. The first-order chi connectivity index (χ1) is 8.49. The van der Waals surface area contributed by atoms with E-state index in [-0.39, 0.29) is 11.8 Å². The van der Waals surface area contributed by atoms with Gasteiger partial charge in [-0.15, -0.1) is 0 Å². The van der Waals surface area contributed by atoms with Gasteiger partial charge in [-0.1, -0.05) is 17.7 Å². The van der Waals surface area contributed by atoms with E-state index in [2.05, 4.69) is 18.0 Å². The standard InChI is InChI=1S/C16H23NO/c1-11-5-6-12(2)15(9-11)16(18)13(3)17(4)10-14-7-8-14/h5-6,9,13-14H,7-8,10H2,1-4H3. The first-order valence-corrected chi connectivity index (χ1v) is 6.80. The molecule has 1 fully saturated rings. The lowest BCUT2D eigenvalue weighted by Gasteiger charge is -2.24. The number of nitrogens with zero attached hydrogens (tertiary/aromatic N) is 1. The summed E-state index contributed by atoms with van der Waals surface area (Å²) in [7, 11) is 2.06. The molecule has 1 unspecified atom stereocenters. The molecule has 0 N–H and O–H groups in total. The van der Waals surface area contributed by atoms with E-state index in [1.54, 1.807) is 0 Å². The van der Waals surface area contributed by atoms with Crippen LogP contribution in [-0.2, 0) is 0 Å². The molecular formula is C16H23NO. The predicted molar refractivity (Wildman–Crippen MR) is 75.1 cm³/mol. The first-order valence-electron chi connectivity index (χ1n) is 6.80. The van der Waals surface area contributed by atoms with Crippen LogP contribution in [0.3, 0.4) is 0 Å². The van der Waals surface area contributed by atoms with Crippen LogP contribution in [-0.4, -0.2) is 30.3 Å².